The molecule has 1 heterocycles. The Kier molecular flexibility index (Phi) is 3.70. The Bertz CT molecular complexity index is 603. The van der Waals surface area contributed by atoms with Crippen LogP contribution >= 0.6 is 0 Å². The van der Waals surface area contributed by atoms with Crippen molar-refractivity contribution in [2.75, 3.05) is 16.8 Å². The average molecular weight is 288 g/mol. The summed E-state index contributed by atoms with van der Waals surface area (Å²) in [7, 11) is -3.10. The Hall–Kier alpha value is -1.70. The third kappa shape index (κ3) is 3.40. The molecule has 1 aliphatic heterocycles. The molecule has 1 saturated heterocycles. The Labute approximate surface area is 109 Å². The molecule has 19 heavy (non-hydrogen) atoms. The van der Waals surface area contributed by atoms with Gasteiger partial charge in [-0.1, -0.05) is 0 Å². The molecular formula is C11H13FN2O4S. The van der Waals surface area contributed by atoms with Crippen molar-refractivity contribution >= 4 is 21.2 Å². The van der Waals surface area contributed by atoms with Crippen molar-refractivity contribution < 1.29 is 17.7 Å². The topological polar surface area (TPSA) is 89.3 Å². The van der Waals surface area contributed by atoms with Gasteiger partial charge in [0.25, 0.3) is 5.69 Å². The van der Waals surface area contributed by atoms with Gasteiger partial charge < -0.3 is 5.32 Å². The number of sulfone groups is 1. The van der Waals surface area contributed by atoms with Gasteiger partial charge in [0.15, 0.2) is 9.84 Å². The summed E-state index contributed by atoms with van der Waals surface area (Å²) < 4.78 is 36.0. The monoisotopic (exact) mass is 288 g/mol. The number of nitrogens with one attached hydrogen (secondary N) is 1. The first kappa shape index (κ1) is 13.7. The molecular weight excluding hydrogens is 275 g/mol. The molecule has 0 aromatic heterocycles. The lowest BCUT2D eigenvalue weighted by Crippen LogP contribution is -2.34. The second-order valence-corrected chi connectivity index (χ2v) is 6.75. The Morgan fingerprint density at radius 1 is 1.42 bits per heavy atom. The predicted octanol–water partition coefficient (Wildman–Crippen LogP) is 1.72. The van der Waals surface area contributed by atoms with Crippen LogP contribution < -0.4 is 5.32 Å². The van der Waals surface area contributed by atoms with E-state index in [-0.39, 0.29) is 28.9 Å². The fourth-order valence-corrected chi connectivity index (χ4v) is 3.77. The van der Waals surface area contributed by atoms with Crippen molar-refractivity contribution in [3.63, 3.8) is 0 Å². The molecule has 2 rings (SSSR count). The van der Waals surface area contributed by atoms with Crippen molar-refractivity contribution in [2.45, 2.75) is 18.9 Å². The highest BCUT2D eigenvalue weighted by atomic mass is 32.2. The van der Waals surface area contributed by atoms with E-state index in [9.17, 15) is 22.9 Å². The van der Waals surface area contributed by atoms with Gasteiger partial charge >= 0.3 is 0 Å². The normalized spacial score (nSPS) is 21.8. The third-order valence-electron chi connectivity index (χ3n) is 2.98. The quantitative estimate of drug-likeness (QED) is 0.675. The minimum atomic E-state index is -3.10. The molecule has 1 aromatic carbocycles. The molecule has 0 saturated carbocycles. The highest BCUT2D eigenvalue weighted by Gasteiger charge is 2.26. The molecule has 104 valence electrons. The van der Waals surface area contributed by atoms with Crippen LogP contribution in [0, 0.1) is 15.9 Å². The first-order chi connectivity index (χ1) is 8.87. The number of nitrogens with zero attached hydrogens (tertiary/aromatic N) is 1. The van der Waals surface area contributed by atoms with Gasteiger partial charge in [0, 0.05) is 6.04 Å². The van der Waals surface area contributed by atoms with E-state index in [0.717, 1.165) is 12.1 Å². The van der Waals surface area contributed by atoms with E-state index in [0.29, 0.717) is 12.8 Å². The number of halogens is 1. The van der Waals surface area contributed by atoms with E-state index in [1.54, 1.807) is 0 Å². The van der Waals surface area contributed by atoms with Crippen LogP contribution in [0.25, 0.3) is 0 Å². The molecule has 1 aliphatic rings. The molecule has 1 atom stereocenters. The molecule has 1 aromatic rings. The molecule has 0 spiro atoms. The second-order valence-electron chi connectivity index (χ2n) is 4.52. The van der Waals surface area contributed by atoms with Gasteiger partial charge in [0.1, 0.15) is 11.5 Å². The van der Waals surface area contributed by atoms with Crippen LogP contribution in [0.4, 0.5) is 15.8 Å². The molecule has 1 N–H and O–H groups in total. The van der Waals surface area contributed by atoms with Crippen molar-refractivity contribution in [3.05, 3.63) is 34.1 Å². The number of benzene rings is 1. The van der Waals surface area contributed by atoms with Gasteiger partial charge in [-0.3, -0.25) is 10.1 Å². The van der Waals surface area contributed by atoms with Gasteiger partial charge in [0.2, 0.25) is 0 Å². The zero-order valence-electron chi connectivity index (χ0n) is 10.0. The number of rotatable bonds is 3. The van der Waals surface area contributed by atoms with Gasteiger partial charge in [-0.05, 0) is 25.0 Å². The first-order valence-electron chi connectivity index (χ1n) is 5.78. The summed E-state index contributed by atoms with van der Waals surface area (Å²) in [5, 5.41) is 13.6. The van der Waals surface area contributed by atoms with Crippen LogP contribution in [0.15, 0.2) is 18.2 Å². The van der Waals surface area contributed by atoms with Crippen LogP contribution in [0.3, 0.4) is 0 Å². The van der Waals surface area contributed by atoms with Gasteiger partial charge in [0.05, 0.1) is 22.5 Å². The number of nitro benzene ring substituents is 1. The molecule has 0 radical (unpaired) electrons. The van der Waals surface area contributed by atoms with Crippen molar-refractivity contribution in [1.29, 1.82) is 0 Å². The lowest BCUT2D eigenvalue weighted by Gasteiger charge is -2.23. The smallest absolute Gasteiger partial charge is 0.295 e. The van der Waals surface area contributed by atoms with Crippen LogP contribution in [-0.4, -0.2) is 30.9 Å². The molecule has 0 aliphatic carbocycles. The van der Waals surface area contributed by atoms with Crippen LogP contribution in [0.2, 0.25) is 0 Å². The Balaban J connectivity index is 2.21. The average Bonchev–Trinajstić information content (AvgIpc) is 2.30. The minimum Gasteiger partial charge on any atom is -0.376 e. The maximum Gasteiger partial charge on any atom is 0.295 e. The van der Waals surface area contributed by atoms with Crippen molar-refractivity contribution in [1.82, 2.24) is 0 Å². The van der Waals surface area contributed by atoms with E-state index in [4.69, 9.17) is 0 Å². The number of anilines is 1. The highest BCUT2D eigenvalue weighted by Crippen LogP contribution is 2.27. The summed E-state index contributed by atoms with van der Waals surface area (Å²) in [6, 6.07) is 2.81. The van der Waals surface area contributed by atoms with E-state index >= 15 is 0 Å². The number of hydrogen-bond donors (Lipinski definition) is 1. The summed E-state index contributed by atoms with van der Waals surface area (Å²) in [5.74, 6) is -0.605. The highest BCUT2D eigenvalue weighted by molar-refractivity contribution is 7.91. The fourth-order valence-electron chi connectivity index (χ4n) is 2.13. The SMILES string of the molecule is O=[N+]([O-])c1cc(F)ccc1N[C@H]1CCCS(=O)(=O)C1. The van der Waals surface area contributed by atoms with E-state index in [2.05, 4.69) is 5.32 Å². The number of nitro groups is 1. The lowest BCUT2D eigenvalue weighted by atomic mass is 10.1. The van der Waals surface area contributed by atoms with Crippen LogP contribution in [0.5, 0.6) is 0 Å². The molecule has 8 heteroatoms. The van der Waals surface area contributed by atoms with Crippen LogP contribution in [-0.2, 0) is 9.84 Å². The summed E-state index contributed by atoms with van der Waals surface area (Å²) in [6.45, 7) is 0. The van der Waals surface area contributed by atoms with E-state index in [1.165, 1.54) is 6.07 Å². The minimum absolute atomic E-state index is 0.0540. The molecule has 0 unspecified atom stereocenters. The number of hydrogen-bond acceptors (Lipinski definition) is 5. The predicted molar refractivity (Wildman–Crippen MR) is 68.4 cm³/mol. The largest absolute Gasteiger partial charge is 0.376 e. The summed E-state index contributed by atoms with van der Waals surface area (Å²) in [6.07, 6.45) is 1.14. The third-order valence-corrected chi connectivity index (χ3v) is 4.80. The van der Waals surface area contributed by atoms with Gasteiger partial charge in [-0.25, -0.2) is 12.8 Å². The van der Waals surface area contributed by atoms with Gasteiger partial charge in [-0.15, -0.1) is 0 Å². The first-order valence-corrected chi connectivity index (χ1v) is 7.60. The maximum absolute atomic E-state index is 13.0. The van der Waals surface area contributed by atoms with Crippen LogP contribution in [0.1, 0.15) is 12.8 Å². The summed E-state index contributed by atoms with van der Waals surface area (Å²) >= 11 is 0. The maximum atomic E-state index is 13.0. The Morgan fingerprint density at radius 3 is 2.79 bits per heavy atom. The van der Waals surface area contributed by atoms with Gasteiger partial charge in [-0.2, -0.15) is 0 Å². The molecule has 1 fully saturated rings. The van der Waals surface area contributed by atoms with Crippen molar-refractivity contribution in [2.24, 2.45) is 0 Å². The second kappa shape index (κ2) is 5.12. The lowest BCUT2D eigenvalue weighted by molar-refractivity contribution is -0.384. The van der Waals surface area contributed by atoms with Crippen molar-refractivity contribution in [3.8, 4) is 0 Å². The van der Waals surface area contributed by atoms with E-state index in [1.807, 2.05) is 0 Å². The zero-order chi connectivity index (χ0) is 14.0. The molecule has 6 nitrogen and oxygen atoms in total. The molecule has 0 amide bonds. The zero-order valence-corrected chi connectivity index (χ0v) is 10.8. The summed E-state index contributed by atoms with van der Waals surface area (Å²) in [5.41, 5.74) is -0.239. The fraction of sp³-hybridized carbons (Fsp3) is 0.455. The standard InChI is InChI=1S/C11H13FN2O4S/c12-8-3-4-10(11(6-8)14(15)16)13-9-2-1-5-19(17,18)7-9/h3-4,6,9,13H,1-2,5,7H2/t9-/m0/s1. The Morgan fingerprint density at radius 2 is 2.16 bits per heavy atom. The summed E-state index contributed by atoms with van der Waals surface area (Å²) in [4.78, 5) is 10.1. The van der Waals surface area contributed by atoms with E-state index < -0.39 is 20.6 Å². The molecule has 0 bridgehead atoms.